The Kier molecular flexibility index (Phi) is 3.62. The summed E-state index contributed by atoms with van der Waals surface area (Å²) in [5.74, 6) is 7.14. The summed E-state index contributed by atoms with van der Waals surface area (Å²) >= 11 is 0. The lowest BCUT2D eigenvalue weighted by atomic mass is 9.80. The van der Waals surface area contributed by atoms with Gasteiger partial charge in [-0.1, -0.05) is 0 Å². The van der Waals surface area contributed by atoms with Gasteiger partial charge >= 0.3 is 0 Å². The third kappa shape index (κ3) is 2.43. The molecule has 0 aromatic carbocycles. The van der Waals surface area contributed by atoms with E-state index in [4.69, 9.17) is 19.7 Å². The number of furan rings is 1. The summed E-state index contributed by atoms with van der Waals surface area (Å²) in [6, 6.07) is 2.03. The molecule has 0 radical (unpaired) electrons. The number of hydrazine groups is 1. The second-order valence-electron chi connectivity index (χ2n) is 5.70. The number of nitrogens with one attached hydrogen (secondary N) is 1. The van der Waals surface area contributed by atoms with Gasteiger partial charge in [-0.3, -0.25) is 5.84 Å². The predicted octanol–water partition coefficient (Wildman–Crippen LogP) is 1.68. The van der Waals surface area contributed by atoms with Crippen LogP contribution in [0, 0.1) is 12.8 Å². The Bertz CT molecular complexity index is 426. The lowest BCUT2D eigenvalue weighted by molar-refractivity contribution is -0.104. The number of aryl methyl sites for hydroxylation is 1. The van der Waals surface area contributed by atoms with Gasteiger partial charge in [0.25, 0.3) is 0 Å². The second-order valence-corrected chi connectivity index (χ2v) is 5.70. The number of hydrogen-bond acceptors (Lipinski definition) is 5. The molecule has 2 fully saturated rings. The molecule has 5 nitrogen and oxygen atoms in total. The van der Waals surface area contributed by atoms with Crippen molar-refractivity contribution in [2.24, 2.45) is 11.8 Å². The van der Waals surface area contributed by atoms with Gasteiger partial charge in [-0.05, 0) is 37.3 Å². The number of hydrogen-bond donors (Lipinski definition) is 2. The van der Waals surface area contributed by atoms with Gasteiger partial charge in [0.15, 0.2) is 0 Å². The highest BCUT2D eigenvalue weighted by atomic mass is 16.6. The molecule has 3 rings (SSSR count). The fourth-order valence-corrected chi connectivity index (χ4v) is 3.34. The molecule has 1 aromatic rings. The van der Waals surface area contributed by atoms with Crippen LogP contribution in [0.15, 0.2) is 16.7 Å². The second kappa shape index (κ2) is 5.25. The van der Waals surface area contributed by atoms with Crippen molar-refractivity contribution in [2.75, 3.05) is 19.8 Å². The Hall–Kier alpha value is -0.880. The van der Waals surface area contributed by atoms with Gasteiger partial charge in [0.05, 0.1) is 24.5 Å². The minimum absolute atomic E-state index is 0.0522. The van der Waals surface area contributed by atoms with E-state index in [-0.39, 0.29) is 11.6 Å². The smallest absolute Gasteiger partial charge is 0.125 e. The highest BCUT2D eigenvalue weighted by Gasteiger charge is 2.43. The minimum Gasteiger partial charge on any atom is -0.467 e. The van der Waals surface area contributed by atoms with Crippen molar-refractivity contribution in [2.45, 2.75) is 37.8 Å². The zero-order valence-electron chi connectivity index (χ0n) is 11.4. The summed E-state index contributed by atoms with van der Waals surface area (Å²) in [5.41, 5.74) is 3.98. The molecular weight excluding hydrogens is 244 g/mol. The molecule has 106 valence electrons. The van der Waals surface area contributed by atoms with Crippen LogP contribution in [0.5, 0.6) is 0 Å². The molecule has 2 aliphatic heterocycles. The van der Waals surface area contributed by atoms with Crippen molar-refractivity contribution in [1.29, 1.82) is 0 Å². The molecule has 0 aliphatic carbocycles. The highest BCUT2D eigenvalue weighted by molar-refractivity contribution is 5.19. The summed E-state index contributed by atoms with van der Waals surface area (Å²) in [6.07, 6.45) is 4.68. The van der Waals surface area contributed by atoms with Crippen LogP contribution in [0.2, 0.25) is 0 Å². The van der Waals surface area contributed by atoms with E-state index in [1.165, 1.54) is 0 Å². The maximum absolute atomic E-state index is 5.97. The van der Waals surface area contributed by atoms with Crippen molar-refractivity contribution in [1.82, 2.24) is 5.43 Å². The van der Waals surface area contributed by atoms with E-state index in [0.717, 1.165) is 43.8 Å². The van der Waals surface area contributed by atoms with Crippen LogP contribution >= 0.6 is 0 Å². The largest absolute Gasteiger partial charge is 0.467 e. The topological polar surface area (TPSA) is 69.7 Å². The van der Waals surface area contributed by atoms with Crippen LogP contribution < -0.4 is 11.3 Å². The van der Waals surface area contributed by atoms with E-state index < -0.39 is 0 Å². The Morgan fingerprint density at radius 3 is 3.00 bits per heavy atom. The predicted molar refractivity (Wildman–Crippen MR) is 70.4 cm³/mol. The average Bonchev–Trinajstić information content (AvgIpc) is 3.02. The summed E-state index contributed by atoms with van der Waals surface area (Å²) in [4.78, 5) is 0. The van der Waals surface area contributed by atoms with Crippen molar-refractivity contribution in [3.05, 3.63) is 23.7 Å². The maximum atomic E-state index is 5.97. The van der Waals surface area contributed by atoms with Gasteiger partial charge in [-0.15, -0.1) is 0 Å². The van der Waals surface area contributed by atoms with Crippen LogP contribution in [0.3, 0.4) is 0 Å². The van der Waals surface area contributed by atoms with E-state index >= 15 is 0 Å². The quantitative estimate of drug-likeness (QED) is 0.643. The van der Waals surface area contributed by atoms with Crippen molar-refractivity contribution < 1.29 is 13.9 Å². The zero-order valence-corrected chi connectivity index (χ0v) is 11.4. The van der Waals surface area contributed by atoms with Gasteiger partial charge in [0.2, 0.25) is 0 Å². The summed E-state index contributed by atoms with van der Waals surface area (Å²) in [7, 11) is 0. The monoisotopic (exact) mass is 266 g/mol. The van der Waals surface area contributed by atoms with E-state index in [0.29, 0.717) is 12.5 Å². The lowest BCUT2D eigenvalue weighted by Crippen LogP contribution is -2.45. The van der Waals surface area contributed by atoms with Crippen molar-refractivity contribution in [3.8, 4) is 0 Å². The fraction of sp³-hybridized carbons (Fsp3) is 0.714. The maximum Gasteiger partial charge on any atom is 0.125 e. The summed E-state index contributed by atoms with van der Waals surface area (Å²) in [5, 5.41) is 0. The molecule has 2 saturated heterocycles. The molecule has 0 bridgehead atoms. The molecule has 19 heavy (non-hydrogen) atoms. The summed E-state index contributed by atoms with van der Waals surface area (Å²) < 4.78 is 17.1. The first kappa shape index (κ1) is 13.1. The van der Waals surface area contributed by atoms with Crippen molar-refractivity contribution >= 4 is 0 Å². The Morgan fingerprint density at radius 1 is 1.47 bits per heavy atom. The van der Waals surface area contributed by atoms with E-state index in [2.05, 4.69) is 12.3 Å². The first-order valence-electron chi connectivity index (χ1n) is 6.96. The first-order valence-corrected chi connectivity index (χ1v) is 6.96. The summed E-state index contributed by atoms with van der Waals surface area (Å²) in [6.45, 7) is 4.33. The number of nitrogens with two attached hydrogens (primary N) is 1. The van der Waals surface area contributed by atoms with E-state index in [1.807, 2.05) is 6.07 Å². The normalized spacial score (nSPS) is 32.8. The molecule has 1 spiro atoms. The number of rotatable bonds is 3. The fourth-order valence-electron chi connectivity index (χ4n) is 3.34. The molecule has 3 unspecified atom stereocenters. The minimum atomic E-state index is -0.0987. The Labute approximate surface area is 113 Å². The van der Waals surface area contributed by atoms with Crippen LogP contribution in [0.25, 0.3) is 0 Å². The zero-order chi connectivity index (χ0) is 13.3. The van der Waals surface area contributed by atoms with E-state index in [9.17, 15) is 0 Å². The molecule has 3 atom stereocenters. The standard InChI is InChI=1S/C14H22N2O3/c1-10-2-5-18-13(10)12(16-15)11-3-6-19-14(8-11)4-7-17-9-14/h2,5,11-12,16H,3-4,6-9,15H2,1H3. The highest BCUT2D eigenvalue weighted by Crippen LogP contribution is 2.41. The molecular formula is C14H22N2O3. The molecule has 3 heterocycles. The third-order valence-electron chi connectivity index (χ3n) is 4.43. The SMILES string of the molecule is Cc1ccoc1C(NN)C1CCOC2(CCOC2)C1. The van der Waals surface area contributed by atoms with Gasteiger partial charge in [0.1, 0.15) is 5.76 Å². The van der Waals surface area contributed by atoms with Gasteiger partial charge < -0.3 is 13.9 Å². The van der Waals surface area contributed by atoms with E-state index in [1.54, 1.807) is 6.26 Å². The number of ether oxygens (including phenoxy) is 2. The lowest BCUT2D eigenvalue weighted by Gasteiger charge is -2.39. The molecule has 2 aliphatic rings. The first-order chi connectivity index (χ1) is 9.24. The van der Waals surface area contributed by atoms with Gasteiger partial charge in [0, 0.05) is 19.6 Å². The Morgan fingerprint density at radius 2 is 2.37 bits per heavy atom. The third-order valence-corrected chi connectivity index (χ3v) is 4.43. The molecule has 0 amide bonds. The van der Waals surface area contributed by atoms with Gasteiger partial charge in [-0.2, -0.15) is 0 Å². The molecule has 5 heteroatoms. The average molecular weight is 266 g/mol. The molecule has 0 saturated carbocycles. The van der Waals surface area contributed by atoms with Gasteiger partial charge in [-0.25, -0.2) is 5.43 Å². The van der Waals surface area contributed by atoms with Crippen molar-refractivity contribution in [3.63, 3.8) is 0 Å². The van der Waals surface area contributed by atoms with Crippen LogP contribution in [-0.2, 0) is 9.47 Å². The molecule has 3 N–H and O–H groups in total. The van der Waals surface area contributed by atoms with Crippen LogP contribution in [0.1, 0.15) is 36.6 Å². The molecule has 1 aromatic heterocycles. The van der Waals surface area contributed by atoms with Crippen LogP contribution in [0.4, 0.5) is 0 Å². The Balaban J connectivity index is 1.78. The van der Waals surface area contributed by atoms with Crippen LogP contribution in [-0.4, -0.2) is 25.4 Å².